The molecule has 4 heteroatoms. The Morgan fingerprint density at radius 1 is 1.46 bits per heavy atom. The van der Waals surface area contributed by atoms with Crippen LogP contribution in [0.3, 0.4) is 0 Å². The van der Waals surface area contributed by atoms with Crippen molar-refractivity contribution in [3.63, 3.8) is 0 Å². The van der Waals surface area contributed by atoms with Crippen molar-refractivity contribution in [3.8, 4) is 5.75 Å². The Bertz CT molecular complexity index is 278. The van der Waals surface area contributed by atoms with Crippen molar-refractivity contribution in [2.24, 2.45) is 5.90 Å². The summed E-state index contributed by atoms with van der Waals surface area (Å²) < 4.78 is 5.14. The molecule has 0 aliphatic heterocycles. The summed E-state index contributed by atoms with van der Waals surface area (Å²) in [4.78, 5) is 4.49. The average molecular weight is 202 g/mol. The van der Waals surface area contributed by atoms with E-state index in [2.05, 4.69) is 4.84 Å². The molecule has 0 fully saturated rings. The second-order valence-corrected chi connectivity index (χ2v) is 3.01. The summed E-state index contributed by atoms with van der Waals surface area (Å²) in [7, 11) is 1.62. The highest BCUT2D eigenvalue weighted by molar-refractivity contribution is 6.30. The third kappa shape index (κ3) is 2.88. The number of nitrogens with two attached hydrogens (primary N) is 1. The summed E-state index contributed by atoms with van der Waals surface area (Å²) in [6.45, 7) is 0.455. The zero-order chi connectivity index (χ0) is 9.68. The summed E-state index contributed by atoms with van der Waals surface area (Å²) in [5.41, 5.74) is 1.00. The first-order valence-electron chi connectivity index (χ1n) is 3.92. The van der Waals surface area contributed by atoms with Crippen LogP contribution in [0.5, 0.6) is 5.75 Å². The van der Waals surface area contributed by atoms with Crippen LogP contribution >= 0.6 is 11.6 Å². The molecule has 1 aromatic rings. The molecule has 0 radical (unpaired) electrons. The minimum atomic E-state index is 0.455. The lowest BCUT2D eigenvalue weighted by atomic mass is 10.1. The lowest BCUT2D eigenvalue weighted by Gasteiger charge is -2.07. The molecule has 0 unspecified atom stereocenters. The van der Waals surface area contributed by atoms with E-state index in [1.54, 1.807) is 13.2 Å². The fourth-order valence-electron chi connectivity index (χ4n) is 1.11. The molecule has 0 aliphatic rings. The third-order valence-electron chi connectivity index (χ3n) is 1.73. The second-order valence-electron chi connectivity index (χ2n) is 2.58. The highest BCUT2D eigenvalue weighted by Gasteiger charge is 2.02. The smallest absolute Gasteiger partial charge is 0.122 e. The van der Waals surface area contributed by atoms with Gasteiger partial charge in [0.05, 0.1) is 13.7 Å². The topological polar surface area (TPSA) is 44.5 Å². The highest BCUT2D eigenvalue weighted by Crippen LogP contribution is 2.22. The van der Waals surface area contributed by atoms with Crippen molar-refractivity contribution in [3.05, 3.63) is 28.8 Å². The predicted molar refractivity (Wildman–Crippen MR) is 51.8 cm³/mol. The fraction of sp³-hybridized carbons (Fsp3) is 0.333. The predicted octanol–water partition coefficient (Wildman–Crippen LogP) is 1.78. The molecule has 1 rings (SSSR count). The van der Waals surface area contributed by atoms with Gasteiger partial charge in [-0.15, -0.1) is 0 Å². The van der Waals surface area contributed by atoms with E-state index in [0.29, 0.717) is 18.1 Å². The van der Waals surface area contributed by atoms with E-state index in [4.69, 9.17) is 22.2 Å². The summed E-state index contributed by atoms with van der Waals surface area (Å²) in [5.74, 6) is 5.74. The Balaban J connectivity index is 2.81. The first kappa shape index (κ1) is 10.3. The van der Waals surface area contributed by atoms with Crippen LogP contribution < -0.4 is 10.6 Å². The molecule has 0 bridgehead atoms. The van der Waals surface area contributed by atoms with Gasteiger partial charge in [0, 0.05) is 11.4 Å². The summed E-state index contributed by atoms with van der Waals surface area (Å²) in [6, 6.07) is 5.46. The minimum Gasteiger partial charge on any atom is -0.496 e. The number of hydrogen-bond acceptors (Lipinski definition) is 3. The van der Waals surface area contributed by atoms with Gasteiger partial charge in [0.2, 0.25) is 0 Å². The fourth-order valence-corrected chi connectivity index (χ4v) is 1.31. The molecule has 0 aromatic heterocycles. The molecule has 1 aromatic carbocycles. The normalized spacial score (nSPS) is 10.1. The zero-order valence-electron chi connectivity index (χ0n) is 7.42. The van der Waals surface area contributed by atoms with Crippen molar-refractivity contribution < 1.29 is 9.57 Å². The number of methoxy groups -OCH3 is 1. The van der Waals surface area contributed by atoms with Gasteiger partial charge in [-0.2, -0.15) is 0 Å². The lowest BCUT2D eigenvalue weighted by Crippen LogP contribution is -2.04. The third-order valence-corrected chi connectivity index (χ3v) is 1.97. The van der Waals surface area contributed by atoms with Gasteiger partial charge in [0.25, 0.3) is 0 Å². The summed E-state index contributed by atoms with van der Waals surface area (Å²) in [5, 5.41) is 0.688. The first-order chi connectivity index (χ1) is 6.27. The molecule has 0 spiro atoms. The van der Waals surface area contributed by atoms with E-state index < -0.39 is 0 Å². The molecule has 72 valence electrons. The molecular weight excluding hydrogens is 190 g/mol. The largest absolute Gasteiger partial charge is 0.496 e. The van der Waals surface area contributed by atoms with Gasteiger partial charge in [-0.3, -0.25) is 0 Å². The van der Waals surface area contributed by atoms with Crippen molar-refractivity contribution in [1.29, 1.82) is 0 Å². The van der Waals surface area contributed by atoms with Crippen LogP contribution in [-0.4, -0.2) is 13.7 Å². The molecule has 0 saturated carbocycles. The van der Waals surface area contributed by atoms with Crippen molar-refractivity contribution in [1.82, 2.24) is 0 Å². The average Bonchev–Trinajstić information content (AvgIpc) is 2.15. The van der Waals surface area contributed by atoms with Gasteiger partial charge < -0.3 is 9.57 Å². The van der Waals surface area contributed by atoms with Gasteiger partial charge in [-0.1, -0.05) is 11.6 Å². The lowest BCUT2D eigenvalue weighted by molar-refractivity contribution is 0.140. The van der Waals surface area contributed by atoms with Gasteiger partial charge in [0.15, 0.2) is 0 Å². The van der Waals surface area contributed by atoms with Gasteiger partial charge in [-0.25, -0.2) is 5.90 Å². The number of rotatable bonds is 4. The van der Waals surface area contributed by atoms with Crippen molar-refractivity contribution in [2.45, 2.75) is 6.42 Å². The zero-order valence-corrected chi connectivity index (χ0v) is 8.17. The maximum Gasteiger partial charge on any atom is 0.122 e. The minimum absolute atomic E-state index is 0.455. The Kier molecular flexibility index (Phi) is 4.02. The SMILES string of the molecule is COc1ccc(Cl)cc1CCON. The number of hydrogen-bond donors (Lipinski definition) is 1. The second kappa shape index (κ2) is 5.07. The van der Waals surface area contributed by atoms with Crippen LogP contribution in [0.25, 0.3) is 0 Å². The van der Waals surface area contributed by atoms with Gasteiger partial charge in [-0.05, 0) is 23.8 Å². The Hall–Kier alpha value is -0.770. The molecule has 0 amide bonds. The molecule has 0 saturated heterocycles. The quantitative estimate of drug-likeness (QED) is 0.756. The maximum atomic E-state index is 5.83. The highest BCUT2D eigenvalue weighted by atomic mass is 35.5. The van der Waals surface area contributed by atoms with E-state index in [1.807, 2.05) is 12.1 Å². The summed E-state index contributed by atoms with van der Waals surface area (Å²) in [6.07, 6.45) is 0.695. The van der Waals surface area contributed by atoms with Crippen LogP contribution in [0.4, 0.5) is 0 Å². The molecule has 0 heterocycles. The van der Waals surface area contributed by atoms with Crippen LogP contribution in [0.2, 0.25) is 5.02 Å². The molecule has 13 heavy (non-hydrogen) atoms. The summed E-state index contributed by atoms with van der Waals surface area (Å²) >= 11 is 5.83. The van der Waals surface area contributed by atoms with Crippen LogP contribution in [0.15, 0.2) is 18.2 Å². The van der Waals surface area contributed by atoms with Gasteiger partial charge in [0.1, 0.15) is 5.75 Å². The Morgan fingerprint density at radius 3 is 2.85 bits per heavy atom. The standard InChI is InChI=1S/C9H12ClNO2/c1-12-9-3-2-8(10)6-7(9)4-5-13-11/h2-3,6H,4-5,11H2,1H3. The Labute approximate surface area is 82.4 Å². The van der Waals surface area contributed by atoms with Gasteiger partial charge >= 0.3 is 0 Å². The van der Waals surface area contributed by atoms with Crippen molar-refractivity contribution >= 4 is 11.6 Å². The maximum absolute atomic E-state index is 5.83. The first-order valence-corrected chi connectivity index (χ1v) is 4.30. The van der Waals surface area contributed by atoms with Crippen molar-refractivity contribution in [2.75, 3.05) is 13.7 Å². The van der Waals surface area contributed by atoms with E-state index in [9.17, 15) is 0 Å². The Morgan fingerprint density at radius 2 is 2.23 bits per heavy atom. The van der Waals surface area contributed by atoms with Crippen LogP contribution in [0.1, 0.15) is 5.56 Å². The number of benzene rings is 1. The number of halogens is 1. The monoisotopic (exact) mass is 201 g/mol. The van der Waals surface area contributed by atoms with E-state index in [1.165, 1.54) is 0 Å². The van der Waals surface area contributed by atoms with Crippen LogP contribution in [-0.2, 0) is 11.3 Å². The molecule has 0 atom stereocenters. The van der Waals surface area contributed by atoms with E-state index in [-0.39, 0.29) is 0 Å². The molecule has 2 N–H and O–H groups in total. The number of ether oxygens (including phenoxy) is 1. The van der Waals surface area contributed by atoms with E-state index in [0.717, 1.165) is 11.3 Å². The van der Waals surface area contributed by atoms with E-state index >= 15 is 0 Å². The molecule has 0 aliphatic carbocycles. The molecule has 3 nitrogen and oxygen atoms in total. The van der Waals surface area contributed by atoms with Crippen LogP contribution in [0, 0.1) is 0 Å². The molecular formula is C9H12ClNO2.